The molecule has 2 aromatic heterocycles. The van der Waals surface area contributed by atoms with Crippen LogP contribution in [0.3, 0.4) is 0 Å². The predicted octanol–water partition coefficient (Wildman–Crippen LogP) is 5.28. The molecule has 1 saturated heterocycles. The Labute approximate surface area is 319 Å². The second-order valence-corrected chi connectivity index (χ2v) is 15.0. The first kappa shape index (κ1) is 41.4. The molecule has 2 atom stereocenters. The molecule has 1 unspecified atom stereocenters. The van der Waals surface area contributed by atoms with E-state index in [9.17, 15) is 24.3 Å². The topological polar surface area (TPSA) is 190 Å². The minimum Gasteiger partial charge on any atom is -0.477 e. The summed E-state index contributed by atoms with van der Waals surface area (Å²) in [5.74, 6) is -2.48. The Bertz CT molecular complexity index is 1630. The lowest BCUT2D eigenvalue weighted by molar-refractivity contribution is -0.689. The van der Waals surface area contributed by atoms with E-state index in [-0.39, 0.29) is 41.5 Å². The zero-order chi connectivity index (χ0) is 38.0. The molecule has 4 rings (SSSR count). The number of ether oxygens (including phenoxy) is 1. The molecule has 2 aromatic rings. The molecule has 1 fully saturated rings. The molecule has 0 bridgehead atoms. The van der Waals surface area contributed by atoms with E-state index in [1.165, 1.54) is 81.6 Å². The number of amides is 2. The number of nitrogens with two attached hydrogens (primary N) is 1. The number of hydrogen-bond donors (Lipinski definition) is 3. The lowest BCUT2D eigenvalue weighted by atomic mass is 10.0. The molecule has 2 aliphatic heterocycles. The van der Waals surface area contributed by atoms with Crippen molar-refractivity contribution < 1.29 is 38.4 Å². The maximum atomic E-state index is 13.2. The number of carboxylic acid groups (broad SMARTS) is 1. The molecule has 0 spiro atoms. The van der Waals surface area contributed by atoms with Crippen LogP contribution >= 0.6 is 23.3 Å². The highest BCUT2D eigenvalue weighted by atomic mass is 32.2. The van der Waals surface area contributed by atoms with Gasteiger partial charge in [0.15, 0.2) is 24.1 Å². The molecule has 2 aliphatic rings. The van der Waals surface area contributed by atoms with Crippen LogP contribution in [-0.2, 0) is 41.9 Å². The van der Waals surface area contributed by atoms with Gasteiger partial charge < -0.3 is 25.7 Å². The van der Waals surface area contributed by atoms with Gasteiger partial charge in [-0.05, 0) is 32.1 Å². The predicted molar refractivity (Wildman–Crippen MR) is 203 cm³/mol. The average molecular weight is 771 g/mol. The lowest BCUT2D eigenvalue weighted by Crippen LogP contribution is -2.71. The second-order valence-electron chi connectivity index (χ2n) is 13.1. The third kappa shape index (κ3) is 12.7. The number of nitrogen functional groups attached to an aromatic ring is 1. The smallest absolute Gasteiger partial charge is 0.352 e. The van der Waals surface area contributed by atoms with Gasteiger partial charge >= 0.3 is 11.9 Å². The maximum Gasteiger partial charge on any atom is 0.352 e. The average Bonchev–Trinajstić information content (AvgIpc) is 3.59. The van der Waals surface area contributed by atoms with Crippen molar-refractivity contribution in [1.29, 1.82) is 0 Å². The van der Waals surface area contributed by atoms with E-state index < -0.39 is 29.2 Å². The molecule has 2 amide bonds. The number of fused-ring (bicyclic) bond motifs is 1. The molecule has 53 heavy (non-hydrogen) atoms. The van der Waals surface area contributed by atoms with Crippen molar-refractivity contribution in [2.24, 2.45) is 5.16 Å². The van der Waals surface area contributed by atoms with Gasteiger partial charge in [-0.1, -0.05) is 75.6 Å². The number of aliphatic carboxylic acids is 1. The van der Waals surface area contributed by atoms with Gasteiger partial charge in [-0.2, -0.15) is 9.36 Å². The van der Waals surface area contributed by atoms with Crippen LogP contribution in [0.25, 0.3) is 0 Å². The Morgan fingerprint density at radius 3 is 2.34 bits per heavy atom. The molecule has 288 valence electrons. The zero-order valence-corrected chi connectivity index (χ0v) is 32.3. The molecular formula is C37H52N7O7S2+. The lowest BCUT2D eigenvalue weighted by Gasteiger charge is -2.49. The summed E-state index contributed by atoms with van der Waals surface area (Å²) in [5.41, 5.74) is 6.62. The number of rotatable bonds is 24. The van der Waals surface area contributed by atoms with Crippen LogP contribution in [0.1, 0.15) is 108 Å². The number of esters is 1. The minimum atomic E-state index is -1.23. The summed E-state index contributed by atoms with van der Waals surface area (Å²) in [6.45, 7) is 2.64. The third-order valence-electron chi connectivity index (χ3n) is 8.96. The molecule has 0 radical (unpaired) electrons. The van der Waals surface area contributed by atoms with Crippen molar-refractivity contribution in [1.82, 2.24) is 19.6 Å². The van der Waals surface area contributed by atoms with Crippen LogP contribution in [0.4, 0.5) is 5.13 Å². The van der Waals surface area contributed by atoms with Gasteiger partial charge in [0.25, 0.3) is 11.8 Å². The number of anilines is 1. The molecular weight excluding hydrogens is 719 g/mol. The standard InChI is InChI=1S/C37H51N7O7S2/c1-3-4-5-6-7-8-9-10-11-12-13-14-15-16-17-18-28(45)51-24-26-19-21-43(22-20-26)23-27-25-52-35-30(34(47)44(35)31(27)36(48)49)39-33(46)29(41-50-2)32-40-37(38)53-42-32/h10-11,19-22,30,35H,3-9,12-18,23-25H2,1-2H3,(H3-,38,39,40,42,46,48,49)/p+1/b11-10-,41-29?/t30?,35-/m0/s1. The van der Waals surface area contributed by atoms with Gasteiger partial charge in [-0.25, -0.2) is 9.36 Å². The molecule has 16 heteroatoms. The van der Waals surface area contributed by atoms with Crippen LogP contribution < -0.4 is 15.6 Å². The molecule has 0 saturated carbocycles. The SMILES string of the molecule is CCCCCCCC/C=C\CCCCCCCC(=O)OCc1cc[n+](CC2=C(C(=O)O)N3C(=O)C(NC(=O)C(=NOC)c4nsc(N)n4)[C@@H]3SC2)cc1. The Morgan fingerprint density at radius 1 is 1.06 bits per heavy atom. The van der Waals surface area contributed by atoms with E-state index in [4.69, 9.17) is 15.3 Å². The molecule has 4 heterocycles. The first-order chi connectivity index (χ1) is 25.7. The number of β-lactam (4-membered cyclic amide) rings is 1. The monoisotopic (exact) mass is 770 g/mol. The summed E-state index contributed by atoms with van der Waals surface area (Å²) < 4.78 is 11.3. The number of carbonyl (C=O) groups excluding carboxylic acids is 3. The highest BCUT2D eigenvalue weighted by Gasteiger charge is 2.55. The van der Waals surface area contributed by atoms with E-state index in [0.29, 0.717) is 17.7 Å². The van der Waals surface area contributed by atoms with E-state index in [1.54, 1.807) is 17.0 Å². The fourth-order valence-electron chi connectivity index (χ4n) is 6.11. The van der Waals surface area contributed by atoms with Gasteiger partial charge in [-0.3, -0.25) is 19.3 Å². The number of carbonyl (C=O) groups is 4. The number of nitrogens with one attached hydrogen (secondary N) is 1. The number of carboxylic acids is 1. The number of oxime groups is 1. The van der Waals surface area contributed by atoms with E-state index in [0.717, 1.165) is 42.8 Å². The summed E-state index contributed by atoms with van der Waals surface area (Å²) in [6.07, 6.45) is 24.2. The summed E-state index contributed by atoms with van der Waals surface area (Å²) in [7, 11) is 1.25. The molecule has 0 aliphatic carbocycles. The number of allylic oxidation sites excluding steroid dienone is 2. The van der Waals surface area contributed by atoms with Gasteiger partial charge in [-0.15, -0.1) is 11.8 Å². The van der Waals surface area contributed by atoms with Crippen LogP contribution in [0, 0.1) is 0 Å². The molecule has 4 N–H and O–H groups in total. The fraction of sp³-hybridized carbons (Fsp3) is 0.568. The number of nitrogens with zero attached hydrogens (tertiary/aromatic N) is 5. The van der Waals surface area contributed by atoms with Crippen molar-refractivity contribution in [3.05, 3.63) is 59.3 Å². The normalized spacial score (nSPS) is 17.1. The highest BCUT2D eigenvalue weighted by Crippen LogP contribution is 2.40. The third-order valence-corrected chi connectivity index (χ3v) is 10.8. The summed E-state index contributed by atoms with van der Waals surface area (Å²) in [4.78, 5) is 60.7. The van der Waals surface area contributed by atoms with E-state index in [1.807, 2.05) is 12.1 Å². The maximum absolute atomic E-state index is 13.2. The molecule has 14 nitrogen and oxygen atoms in total. The number of thioether (sulfide) groups is 1. The first-order valence-corrected chi connectivity index (χ1v) is 20.3. The van der Waals surface area contributed by atoms with Gasteiger partial charge in [0, 0.05) is 47.0 Å². The summed E-state index contributed by atoms with van der Waals surface area (Å²) in [6, 6.07) is 2.66. The quantitative estimate of drug-likeness (QED) is 0.0240. The second kappa shape index (κ2) is 22.0. The number of aromatic nitrogens is 3. The number of pyridine rings is 1. The number of unbranched alkanes of at least 4 members (excludes halogenated alkanes) is 11. The Hall–Kier alpha value is -4.31. The molecule has 0 aromatic carbocycles. The van der Waals surface area contributed by atoms with Gasteiger partial charge in [0.1, 0.15) is 30.8 Å². The van der Waals surface area contributed by atoms with Crippen molar-refractivity contribution >= 4 is 57.9 Å². The van der Waals surface area contributed by atoms with E-state index in [2.05, 4.69) is 38.9 Å². The van der Waals surface area contributed by atoms with Crippen LogP contribution in [-0.4, -0.2) is 73.1 Å². The van der Waals surface area contributed by atoms with Crippen molar-refractivity contribution in [2.75, 3.05) is 18.6 Å². The summed E-state index contributed by atoms with van der Waals surface area (Å²) in [5, 5.41) is 15.9. The van der Waals surface area contributed by atoms with Crippen molar-refractivity contribution in [3.63, 3.8) is 0 Å². The zero-order valence-electron chi connectivity index (χ0n) is 30.7. The van der Waals surface area contributed by atoms with Crippen LogP contribution in [0.2, 0.25) is 0 Å². The van der Waals surface area contributed by atoms with Gasteiger partial charge in [0.2, 0.25) is 11.5 Å². The first-order valence-electron chi connectivity index (χ1n) is 18.4. The minimum absolute atomic E-state index is 0.0462. The van der Waals surface area contributed by atoms with Crippen LogP contribution in [0.15, 0.2) is 53.1 Å². The Kier molecular flexibility index (Phi) is 17.2. The van der Waals surface area contributed by atoms with Crippen molar-refractivity contribution in [3.8, 4) is 0 Å². The highest BCUT2D eigenvalue weighted by molar-refractivity contribution is 8.00. The van der Waals surface area contributed by atoms with E-state index >= 15 is 0 Å². The fourth-order valence-corrected chi connectivity index (χ4v) is 7.88. The van der Waals surface area contributed by atoms with Crippen LogP contribution in [0.5, 0.6) is 0 Å². The number of hydrogen-bond acceptors (Lipinski definition) is 12. The van der Waals surface area contributed by atoms with Gasteiger partial charge in [0.05, 0.1) is 0 Å². The van der Waals surface area contributed by atoms with Crippen molar-refractivity contribution in [2.45, 2.75) is 121 Å². The Balaban J connectivity index is 1.15. The largest absolute Gasteiger partial charge is 0.477 e. The summed E-state index contributed by atoms with van der Waals surface area (Å²) >= 11 is 2.22. The Morgan fingerprint density at radius 2 is 1.72 bits per heavy atom.